The quantitative estimate of drug-likeness (QED) is 0.865. The van der Waals surface area contributed by atoms with E-state index in [9.17, 15) is 9.50 Å². The molecule has 0 atom stereocenters. The molecule has 0 radical (unpaired) electrons. The zero-order valence-corrected chi connectivity index (χ0v) is 10.7. The lowest BCUT2D eigenvalue weighted by Crippen LogP contribution is -2.02. The zero-order valence-electron chi connectivity index (χ0n) is 10.7. The van der Waals surface area contributed by atoms with E-state index in [-0.39, 0.29) is 5.75 Å². The van der Waals surface area contributed by atoms with Gasteiger partial charge in [-0.25, -0.2) is 4.39 Å². The number of phenols is 1. The summed E-state index contributed by atoms with van der Waals surface area (Å²) in [6, 6.07) is 11.5. The van der Waals surface area contributed by atoms with E-state index in [2.05, 4.69) is 5.32 Å². The van der Waals surface area contributed by atoms with Crippen molar-refractivity contribution in [1.29, 1.82) is 0 Å². The van der Waals surface area contributed by atoms with Gasteiger partial charge in [-0.15, -0.1) is 0 Å². The third kappa shape index (κ3) is 3.61. The van der Waals surface area contributed by atoms with E-state index in [1.807, 2.05) is 31.2 Å². The van der Waals surface area contributed by atoms with E-state index in [0.29, 0.717) is 18.7 Å². The van der Waals surface area contributed by atoms with Crippen molar-refractivity contribution in [3.05, 3.63) is 53.8 Å². The maximum atomic E-state index is 13.1. The van der Waals surface area contributed by atoms with Gasteiger partial charge in [0.05, 0.1) is 12.3 Å². The van der Waals surface area contributed by atoms with Gasteiger partial charge in [-0.3, -0.25) is 0 Å². The lowest BCUT2D eigenvalue weighted by molar-refractivity contribution is 0.341. The van der Waals surface area contributed by atoms with Crippen molar-refractivity contribution in [2.45, 2.75) is 13.5 Å². The second-order valence-corrected chi connectivity index (χ2v) is 4.10. The summed E-state index contributed by atoms with van der Waals surface area (Å²) in [4.78, 5) is 0. The van der Waals surface area contributed by atoms with Gasteiger partial charge in [0.2, 0.25) is 0 Å². The number of hydrogen-bond donors (Lipinski definition) is 2. The lowest BCUT2D eigenvalue weighted by Gasteiger charge is -2.12. The molecule has 0 aliphatic heterocycles. The second kappa shape index (κ2) is 6.09. The van der Waals surface area contributed by atoms with E-state index in [0.717, 1.165) is 17.5 Å². The van der Waals surface area contributed by atoms with Crippen LogP contribution in [0, 0.1) is 5.82 Å². The molecular weight excluding hydrogens is 245 g/mol. The molecule has 0 fully saturated rings. The number of phenolic OH excluding ortho intramolecular Hbond substituents is 1. The van der Waals surface area contributed by atoms with Crippen molar-refractivity contribution in [2.75, 3.05) is 11.9 Å². The molecule has 2 N–H and O–H groups in total. The molecule has 0 aliphatic carbocycles. The predicted octanol–water partition coefficient (Wildman–Crippen LogP) is 3.54. The molecule has 100 valence electrons. The van der Waals surface area contributed by atoms with E-state index in [1.165, 1.54) is 12.1 Å². The minimum atomic E-state index is -0.449. The summed E-state index contributed by atoms with van der Waals surface area (Å²) >= 11 is 0. The van der Waals surface area contributed by atoms with Crippen molar-refractivity contribution in [3.63, 3.8) is 0 Å². The van der Waals surface area contributed by atoms with Gasteiger partial charge in [-0.2, -0.15) is 0 Å². The molecule has 2 aromatic rings. The van der Waals surface area contributed by atoms with Crippen LogP contribution in [0.4, 0.5) is 10.1 Å². The van der Waals surface area contributed by atoms with Gasteiger partial charge in [0, 0.05) is 12.6 Å². The Morgan fingerprint density at radius 1 is 1.21 bits per heavy atom. The molecule has 2 aromatic carbocycles. The van der Waals surface area contributed by atoms with Crippen molar-refractivity contribution < 1.29 is 14.2 Å². The second-order valence-electron chi connectivity index (χ2n) is 4.10. The molecule has 0 bridgehead atoms. The van der Waals surface area contributed by atoms with Gasteiger partial charge < -0.3 is 15.2 Å². The Balaban J connectivity index is 2.09. The minimum Gasteiger partial charge on any atom is -0.508 e. The standard InChI is InChI=1S/C15H16FNO2/c1-2-19-15-6-4-3-5-14(15)17-10-11-7-12(16)9-13(18)8-11/h3-9,17-18H,2,10H2,1H3. The van der Waals surface area contributed by atoms with Crippen LogP contribution in [0.25, 0.3) is 0 Å². The van der Waals surface area contributed by atoms with Crippen LogP contribution in [0.2, 0.25) is 0 Å². The van der Waals surface area contributed by atoms with E-state index in [4.69, 9.17) is 4.74 Å². The number of aromatic hydroxyl groups is 1. The van der Waals surface area contributed by atoms with Crippen LogP contribution in [0.15, 0.2) is 42.5 Å². The number of nitrogens with one attached hydrogen (secondary N) is 1. The Morgan fingerprint density at radius 3 is 2.74 bits per heavy atom. The Morgan fingerprint density at radius 2 is 2.00 bits per heavy atom. The molecule has 3 nitrogen and oxygen atoms in total. The van der Waals surface area contributed by atoms with Gasteiger partial charge in [-0.1, -0.05) is 12.1 Å². The highest BCUT2D eigenvalue weighted by molar-refractivity contribution is 5.56. The number of benzene rings is 2. The monoisotopic (exact) mass is 261 g/mol. The number of anilines is 1. The Hall–Kier alpha value is -2.23. The maximum absolute atomic E-state index is 13.1. The fourth-order valence-corrected chi connectivity index (χ4v) is 1.83. The summed E-state index contributed by atoms with van der Waals surface area (Å²) in [5.74, 6) is 0.232. The molecule has 19 heavy (non-hydrogen) atoms. The van der Waals surface area contributed by atoms with Crippen LogP contribution in [-0.2, 0) is 6.54 Å². The average Bonchev–Trinajstić information content (AvgIpc) is 2.37. The number of hydrogen-bond acceptors (Lipinski definition) is 3. The Labute approximate surface area is 111 Å². The van der Waals surface area contributed by atoms with Crippen LogP contribution in [0.1, 0.15) is 12.5 Å². The summed E-state index contributed by atoms with van der Waals surface area (Å²) < 4.78 is 18.6. The normalized spacial score (nSPS) is 10.2. The molecule has 0 saturated carbocycles. The highest BCUT2D eigenvalue weighted by Gasteiger charge is 2.03. The molecule has 0 unspecified atom stereocenters. The van der Waals surface area contributed by atoms with Crippen molar-refractivity contribution in [2.24, 2.45) is 0 Å². The van der Waals surface area contributed by atoms with Gasteiger partial charge in [-0.05, 0) is 36.8 Å². The fourth-order valence-electron chi connectivity index (χ4n) is 1.83. The van der Waals surface area contributed by atoms with E-state index >= 15 is 0 Å². The van der Waals surface area contributed by atoms with Crippen molar-refractivity contribution >= 4 is 5.69 Å². The van der Waals surface area contributed by atoms with Gasteiger partial charge >= 0.3 is 0 Å². The lowest BCUT2D eigenvalue weighted by atomic mass is 10.2. The van der Waals surface area contributed by atoms with Gasteiger partial charge in [0.1, 0.15) is 17.3 Å². The van der Waals surface area contributed by atoms with Gasteiger partial charge in [0.15, 0.2) is 0 Å². The predicted molar refractivity (Wildman–Crippen MR) is 73.0 cm³/mol. The van der Waals surface area contributed by atoms with Crippen molar-refractivity contribution in [1.82, 2.24) is 0 Å². The summed E-state index contributed by atoms with van der Waals surface area (Å²) in [6.45, 7) is 2.91. The third-order valence-corrected chi connectivity index (χ3v) is 2.61. The van der Waals surface area contributed by atoms with Crippen LogP contribution in [0.5, 0.6) is 11.5 Å². The number of halogens is 1. The highest BCUT2D eigenvalue weighted by Crippen LogP contribution is 2.24. The summed E-state index contributed by atoms with van der Waals surface area (Å²) in [5.41, 5.74) is 1.51. The molecule has 0 amide bonds. The molecule has 2 rings (SSSR count). The third-order valence-electron chi connectivity index (χ3n) is 2.61. The molecule has 0 heterocycles. The Kier molecular flexibility index (Phi) is 4.23. The highest BCUT2D eigenvalue weighted by atomic mass is 19.1. The van der Waals surface area contributed by atoms with Crippen LogP contribution >= 0.6 is 0 Å². The molecule has 4 heteroatoms. The number of ether oxygens (including phenoxy) is 1. The first-order valence-corrected chi connectivity index (χ1v) is 6.13. The number of rotatable bonds is 5. The first kappa shape index (κ1) is 13.2. The first-order valence-electron chi connectivity index (χ1n) is 6.13. The van der Waals surface area contributed by atoms with Gasteiger partial charge in [0.25, 0.3) is 0 Å². The van der Waals surface area contributed by atoms with Crippen molar-refractivity contribution in [3.8, 4) is 11.5 Å². The molecule has 0 saturated heterocycles. The first-order chi connectivity index (χ1) is 9.19. The van der Waals surface area contributed by atoms with Crippen LogP contribution in [0.3, 0.4) is 0 Å². The maximum Gasteiger partial charge on any atom is 0.142 e. The summed E-state index contributed by atoms with van der Waals surface area (Å²) in [5, 5.41) is 12.5. The zero-order chi connectivity index (χ0) is 13.7. The van der Waals surface area contributed by atoms with Crippen LogP contribution in [-0.4, -0.2) is 11.7 Å². The summed E-state index contributed by atoms with van der Waals surface area (Å²) in [6.07, 6.45) is 0. The topological polar surface area (TPSA) is 41.5 Å². The average molecular weight is 261 g/mol. The SMILES string of the molecule is CCOc1ccccc1NCc1cc(O)cc(F)c1. The molecule has 0 spiro atoms. The molecule has 0 aromatic heterocycles. The summed E-state index contributed by atoms with van der Waals surface area (Å²) in [7, 11) is 0. The molecule has 0 aliphatic rings. The smallest absolute Gasteiger partial charge is 0.142 e. The van der Waals surface area contributed by atoms with E-state index in [1.54, 1.807) is 0 Å². The largest absolute Gasteiger partial charge is 0.508 e. The fraction of sp³-hybridized carbons (Fsp3) is 0.200. The molecular formula is C15H16FNO2. The number of para-hydroxylation sites is 2. The Bertz CT molecular complexity index is 537. The van der Waals surface area contributed by atoms with E-state index < -0.39 is 5.82 Å². The minimum absolute atomic E-state index is 0.0742. The van der Waals surface area contributed by atoms with Crippen LogP contribution < -0.4 is 10.1 Å².